The minimum absolute atomic E-state index is 0.0280. The molecule has 1 aromatic carbocycles. The molecule has 0 bridgehead atoms. The zero-order valence-corrected chi connectivity index (χ0v) is 11.4. The Balaban J connectivity index is 1.87. The van der Waals surface area contributed by atoms with E-state index in [-0.39, 0.29) is 25.7 Å². The highest BCUT2D eigenvalue weighted by Gasteiger charge is 2.51. The van der Waals surface area contributed by atoms with Gasteiger partial charge in [-0.2, -0.15) is 0 Å². The zero-order chi connectivity index (χ0) is 14.2. The van der Waals surface area contributed by atoms with Crippen molar-refractivity contribution in [2.75, 3.05) is 13.4 Å². The molecule has 108 valence electrons. The van der Waals surface area contributed by atoms with Crippen molar-refractivity contribution in [2.24, 2.45) is 5.92 Å². The van der Waals surface area contributed by atoms with Crippen molar-refractivity contribution in [2.45, 2.75) is 31.8 Å². The number of para-hydroxylation sites is 1. The number of carbonyl (C=O) groups is 1. The van der Waals surface area contributed by atoms with Crippen molar-refractivity contribution in [1.82, 2.24) is 0 Å². The number of rotatable bonds is 5. The summed E-state index contributed by atoms with van der Waals surface area (Å²) in [6, 6.07) is 5.49. The van der Waals surface area contributed by atoms with Crippen molar-refractivity contribution in [3.8, 4) is 11.5 Å². The molecule has 1 aliphatic heterocycles. The first-order chi connectivity index (χ1) is 9.65. The third-order valence-corrected chi connectivity index (χ3v) is 3.82. The lowest BCUT2D eigenvalue weighted by molar-refractivity contribution is -0.167. The standard InChI is InChI=1S/C15H18O5/c1-2-18-14(16)15(17,11-6-7-11)8-10-4-3-5-12-13(10)20-9-19-12/h3-5,11,17H,2,6-9H2,1H3. The maximum atomic E-state index is 12.1. The largest absolute Gasteiger partial charge is 0.464 e. The third kappa shape index (κ3) is 2.22. The molecule has 0 radical (unpaired) electrons. The third-order valence-electron chi connectivity index (χ3n) is 3.82. The molecular weight excluding hydrogens is 260 g/mol. The van der Waals surface area contributed by atoms with Crippen LogP contribution >= 0.6 is 0 Å². The molecule has 1 unspecified atom stereocenters. The van der Waals surface area contributed by atoms with Crippen LogP contribution in [-0.4, -0.2) is 30.1 Å². The van der Waals surface area contributed by atoms with Gasteiger partial charge in [-0.3, -0.25) is 0 Å². The maximum Gasteiger partial charge on any atom is 0.338 e. The van der Waals surface area contributed by atoms with E-state index in [1.165, 1.54) is 0 Å². The molecule has 1 aliphatic carbocycles. The van der Waals surface area contributed by atoms with Gasteiger partial charge in [-0.25, -0.2) is 4.79 Å². The van der Waals surface area contributed by atoms with Crippen LogP contribution in [0.15, 0.2) is 18.2 Å². The van der Waals surface area contributed by atoms with E-state index >= 15 is 0 Å². The van der Waals surface area contributed by atoms with E-state index in [4.69, 9.17) is 14.2 Å². The smallest absolute Gasteiger partial charge is 0.338 e. The SMILES string of the molecule is CCOC(=O)C(O)(Cc1cccc2c1OCO2)C1CC1. The molecule has 1 saturated carbocycles. The number of carbonyl (C=O) groups excluding carboxylic acids is 1. The van der Waals surface area contributed by atoms with Crippen LogP contribution < -0.4 is 9.47 Å². The summed E-state index contributed by atoms with van der Waals surface area (Å²) in [6.45, 7) is 2.18. The van der Waals surface area contributed by atoms with Gasteiger partial charge in [0.25, 0.3) is 0 Å². The maximum absolute atomic E-state index is 12.1. The molecule has 5 heteroatoms. The van der Waals surface area contributed by atoms with Gasteiger partial charge < -0.3 is 19.3 Å². The summed E-state index contributed by atoms with van der Waals surface area (Å²) in [5.41, 5.74) is -0.681. The molecule has 2 aliphatic rings. The van der Waals surface area contributed by atoms with E-state index in [0.29, 0.717) is 11.5 Å². The molecule has 0 spiro atoms. The minimum Gasteiger partial charge on any atom is -0.464 e. The molecule has 1 atom stereocenters. The second-order valence-electron chi connectivity index (χ2n) is 5.25. The monoisotopic (exact) mass is 278 g/mol. The number of aliphatic hydroxyl groups is 1. The van der Waals surface area contributed by atoms with Crippen molar-refractivity contribution in [3.05, 3.63) is 23.8 Å². The van der Waals surface area contributed by atoms with Crippen LogP contribution in [0.25, 0.3) is 0 Å². The predicted molar refractivity (Wildman–Crippen MR) is 70.6 cm³/mol. The molecule has 1 heterocycles. The van der Waals surface area contributed by atoms with E-state index in [9.17, 15) is 9.90 Å². The summed E-state index contributed by atoms with van der Waals surface area (Å²) in [7, 11) is 0. The van der Waals surface area contributed by atoms with E-state index in [1.807, 2.05) is 18.2 Å². The van der Waals surface area contributed by atoms with E-state index in [0.717, 1.165) is 18.4 Å². The summed E-state index contributed by atoms with van der Waals surface area (Å²) in [6.07, 6.45) is 1.90. The van der Waals surface area contributed by atoms with Gasteiger partial charge in [-0.15, -0.1) is 0 Å². The minimum atomic E-state index is -1.46. The van der Waals surface area contributed by atoms with Crippen molar-refractivity contribution < 1.29 is 24.1 Å². The Bertz CT molecular complexity index is 523. The lowest BCUT2D eigenvalue weighted by Gasteiger charge is -2.26. The summed E-state index contributed by atoms with van der Waals surface area (Å²) in [5, 5.41) is 10.8. The first-order valence-corrected chi connectivity index (χ1v) is 6.92. The van der Waals surface area contributed by atoms with Gasteiger partial charge in [0.05, 0.1) is 6.61 Å². The number of fused-ring (bicyclic) bond motifs is 1. The lowest BCUT2D eigenvalue weighted by Crippen LogP contribution is -2.44. The normalized spacial score (nSPS) is 19.5. The van der Waals surface area contributed by atoms with Gasteiger partial charge >= 0.3 is 5.97 Å². The Morgan fingerprint density at radius 2 is 2.25 bits per heavy atom. The summed E-state index contributed by atoms with van der Waals surface area (Å²) in [4.78, 5) is 12.1. The molecule has 3 rings (SSSR count). The molecule has 1 N–H and O–H groups in total. The summed E-state index contributed by atoms with van der Waals surface area (Å²) >= 11 is 0. The molecule has 20 heavy (non-hydrogen) atoms. The molecule has 0 saturated heterocycles. The van der Waals surface area contributed by atoms with Crippen LogP contribution in [0.3, 0.4) is 0 Å². The molecule has 1 aromatic rings. The number of hydrogen-bond donors (Lipinski definition) is 1. The quantitative estimate of drug-likeness (QED) is 0.830. The first kappa shape index (κ1) is 13.2. The zero-order valence-electron chi connectivity index (χ0n) is 11.4. The molecule has 0 amide bonds. The Kier molecular flexibility index (Phi) is 3.30. The fourth-order valence-electron chi connectivity index (χ4n) is 2.62. The van der Waals surface area contributed by atoms with Gasteiger partial charge in [0.15, 0.2) is 17.1 Å². The number of hydrogen-bond acceptors (Lipinski definition) is 5. The molecular formula is C15H18O5. The Morgan fingerprint density at radius 1 is 1.45 bits per heavy atom. The molecule has 0 aromatic heterocycles. The highest BCUT2D eigenvalue weighted by atomic mass is 16.7. The molecule has 1 fully saturated rings. The van der Waals surface area contributed by atoms with E-state index in [1.54, 1.807) is 6.92 Å². The first-order valence-electron chi connectivity index (χ1n) is 6.92. The average Bonchev–Trinajstić information content (AvgIpc) is 3.18. The van der Waals surface area contributed by atoms with E-state index < -0.39 is 11.6 Å². The second-order valence-corrected chi connectivity index (χ2v) is 5.25. The topological polar surface area (TPSA) is 65.0 Å². The number of benzene rings is 1. The summed E-state index contributed by atoms with van der Waals surface area (Å²) in [5.74, 6) is 0.708. The fraction of sp³-hybridized carbons (Fsp3) is 0.533. The van der Waals surface area contributed by atoms with Crippen molar-refractivity contribution in [1.29, 1.82) is 0 Å². The number of ether oxygens (including phenoxy) is 3. The van der Waals surface area contributed by atoms with Gasteiger partial charge in [0.1, 0.15) is 0 Å². The highest BCUT2D eigenvalue weighted by Crippen LogP contribution is 2.45. The van der Waals surface area contributed by atoms with Crippen LogP contribution in [-0.2, 0) is 16.0 Å². The summed E-state index contributed by atoms with van der Waals surface area (Å²) < 4.78 is 15.8. The highest BCUT2D eigenvalue weighted by molar-refractivity contribution is 5.81. The van der Waals surface area contributed by atoms with Crippen LogP contribution in [0.5, 0.6) is 11.5 Å². The second kappa shape index (κ2) is 4.98. The average molecular weight is 278 g/mol. The van der Waals surface area contributed by atoms with Crippen LogP contribution in [0.2, 0.25) is 0 Å². The predicted octanol–water partition coefficient (Wildman–Crippen LogP) is 1.66. The Labute approximate surface area is 117 Å². The van der Waals surface area contributed by atoms with E-state index in [2.05, 4.69) is 0 Å². The number of esters is 1. The van der Waals surface area contributed by atoms with Crippen LogP contribution in [0.1, 0.15) is 25.3 Å². The van der Waals surface area contributed by atoms with Gasteiger partial charge in [-0.05, 0) is 31.7 Å². The lowest BCUT2D eigenvalue weighted by atomic mass is 9.89. The van der Waals surface area contributed by atoms with Gasteiger partial charge in [0.2, 0.25) is 6.79 Å². The fourth-order valence-corrected chi connectivity index (χ4v) is 2.62. The molecule has 5 nitrogen and oxygen atoms in total. The Morgan fingerprint density at radius 3 is 2.95 bits per heavy atom. The van der Waals surface area contributed by atoms with Crippen molar-refractivity contribution in [3.63, 3.8) is 0 Å². The van der Waals surface area contributed by atoms with Crippen LogP contribution in [0, 0.1) is 5.92 Å². The van der Waals surface area contributed by atoms with Gasteiger partial charge in [0, 0.05) is 12.0 Å². The van der Waals surface area contributed by atoms with Crippen LogP contribution in [0.4, 0.5) is 0 Å². The van der Waals surface area contributed by atoms with Crippen molar-refractivity contribution >= 4 is 5.97 Å². The van der Waals surface area contributed by atoms with Gasteiger partial charge in [-0.1, -0.05) is 12.1 Å². The Hall–Kier alpha value is -1.75.